The lowest BCUT2D eigenvalue weighted by molar-refractivity contribution is -0.138. The molecule has 0 aromatic rings. The second-order valence-corrected chi connectivity index (χ2v) is 1.48. The van der Waals surface area contributed by atoms with Crippen LogP contribution in [0.5, 0.6) is 0 Å². The number of aliphatic imine (C=N–C) groups is 1. The van der Waals surface area contributed by atoms with E-state index < -0.39 is 0 Å². The van der Waals surface area contributed by atoms with Crippen LogP contribution in [0.3, 0.4) is 0 Å². The van der Waals surface area contributed by atoms with Gasteiger partial charge in [0, 0.05) is 0 Å². The summed E-state index contributed by atoms with van der Waals surface area (Å²) >= 11 is 0. The molecule has 10 heavy (non-hydrogen) atoms. The molecule has 0 amide bonds. The Morgan fingerprint density at radius 1 is 1.70 bits per heavy atom. The zero-order valence-corrected chi connectivity index (χ0v) is 6.16. The summed E-state index contributed by atoms with van der Waals surface area (Å²) in [6, 6.07) is 0. The molecule has 0 saturated carbocycles. The van der Waals surface area contributed by atoms with E-state index in [4.69, 9.17) is 4.74 Å². The van der Waals surface area contributed by atoms with Gasteiger partial charge in [-0.05, 0) is 6.92 Å². The van der Waals surface area contributed by atoms with E-state index in [0.29, 0.717) is 6.61 Å². The van der Waals surface area contributed by atoms with Gasteiger partial charge in [-0.2, -0.15) is 0 Å². The molecule has 0 bridgehead atoms. The van der Waals surface area contributed by atoms with Crippen LogP contribution in [-0.4, -0.2) is 32.6 Å². The maximum absolute atomic E-state index is 10.4. The molecule has 0 aromatic heterocycles. The molecule has 0 heterocycles. The topological polar surface area (TPSA) is 47.9 Å². The highest BCUT2D eigenvalue weighted by Gasteiger charge is 1.93. The van der Waals surface area contributed by atoms with Gasteiger partial charge in [0.1, 0.15) is 6.54 Å². The van der Waals surface area contributed by atoms with Crippen LogP contribution in [0, 0.1) is 0 Å². The average molecular weight is 145 g/mol. The molecule has 0 aromatic carbocycles. The molecular weight excluding hydrogens is 134 g/mol. The van der Waals surface area contributed by atoms with Crippen LogP contribution >= 0.6 is 0 Å². The van der Waals surface area contributed by atoms with Crippen molar-refractivity contribution in [3.05, 3.63) is 0 Å². The first-order valence-electron chi connectivity index (χ1n) is 2.98. The van der Waals surface area contributed by atoms with Crippen LogP contribution in [0.2, 0.25) is 0 Å². The third kappa shape index (κ3) is 5.08. The van der Waals surface area contributed by atoms with Crippen molar-refractivity contribution in [3.8, 4) is 0 Å². The lowest BCUT2D eigenvalue weighted by Crippen LogP contribution is -2.04. The molecule has 0 radical (unpaired) electrons. The minimum Gasteiger partial charge on any atom is -0.484 e. The number of ether oxygens (including phenoxy) is 2. The van der Waals surface area contributed by atoms with Gasteiger partial charge in [-0.25, -0.2) is 4.99 Å². The summed E-state index contributed by atoms with van der Waals surface area (Å²) in [5.74, 6) is -0.365. The molecule has 0 fully saturated rings. The standard InChI is InChI=1S/C6H11NO3/c1-3-10-5-7-4-6(8)9-2/h5H,3-4H2,1-2H3. The van der Waals surface area contributed by atoms with Crippen molar-refractivity contribution in [1.82, 2.24) is 0 Å². The van der Waals surface area contributed by atoms with Gasteiger partial charge in [-0.1, -0.05) is 0 Å². The van der Waals surface area contributed by atoms with E-state index in [-0.39, 0.29) is 12.5 Å². The van der Waals surface area contributed by atoms with Crippen LogP contribution in [0.15, 0.2) is 4.99 Å². The van der Waals surface area contributed by atoms with Gasteiger partial charge in [0.15, 0.2) is 6.40 Å². The SMILES string of the molecule is CCOC=NCC(=O)OC. The smallest absolute Gasteiger partial charge is 0.327 e. The number of hydrogen-bond donors (Lipinski definition) is 0. The predicted molar refractivity (Wildman–Crippen MR) is 37.0 cm³/mol. The Labute approximate surface area is 59.8 Å². The predicted octanol–water partition coefficient (Wildman–Crippen LogP) is 0.224. The van der Waals surface area contributed by atoms with Crippen LogP contribution in [-0.2, 0) is 14.3 Å². The number of esters is 1. The quantitative estimate of drug-likeness (QED) is 0.323. The monoisotopic (exact) mass is 145 g/mol. The number of methoxy groups -OCH3 is 1. The minimum absolute atomic E-state index is 0.0243. The zero-order valence-electron chi connectivity index (χ0n) is 6.16. The highest BCUT2D eigenvalue weighted by atomic mass is 16.5. The molecule has 0 rings (SSSR count). The van der Waals surface area contributed by atoms with E-state index in [1.807, 2.05) is 6.92 Å². The summed E-state index contributed by atoms with van der Waals surface area (Å²) in [7, 11) is 1.32. The average Bonchev–Trinajstić information content (AvgIpc) is 1.98. The van der Waals surface area contributed by atoms with Crippen molar-refractivity contribution in [2.75, 3.05) is 20.3 Å². The second kappa shape index (κ2) is 6.07. The summed E-state index contributed by atoms with van der Waals surface area (Å²) < 4.78 is 9.05. The minimum atomic E-state index is -0.365. The summed E-state index contributed by atoms with van der Waals surface area (Å²) in [5, 5.41) is 0. The molecule has 0 aliphatic heterocycles. The third-order valence-electron chi connectivity index (χ3n) is 0.764. The van der Waals surface area contributed by atoms with E-state index >= 15 is 0 Å². The van der Waals surface area contributed by atoms with Crippen molar-refractivity contribution in [2.24, 2.45) is 4.99 Å². The van der Waals surface area contributed by atoms with E-state index in [2.05, 4.69) is 9.73 Å². The fourth-order valence-corrected chi connectivity index (χ4v) is 0.304. The van der Waals surface area contributed by atoms with Crippen molar-refractivity contribution in [2.45, 2.75) is 6.92 Å². The molecule has 58 valence electrons. The largest absolute Gasteiger partial charge is 0.484 e. The summed E-state index contributed by atoms with van der Waals surface area (Å²) in [6.07, 6.45) is 1.25. The molecule has 0 unspecified atom stereocenters. The van der Waals surface area contributed by atoms with Crippen molar-refractivity contribution in [3.63, 3.8) is 0 Å². The van der Waals surface area contributed by atoms with Crippen molar-refractivity contribution < 1.29 is 14.3 Å². The first-order chi connectivity index (χ1) is 4.81. The Bertz CT molecular complexity index is 122. The lowest BCUT2D eigenvalue weighted by atomic mass is 10.7. The highest BCUT2D eigenvalue weighted by Crippen LogP contribution is 1.74. The lowest BCUT2D eigenvalue weighted by Gasteiger charge is -1.92. The normalized spacial score (nSPS) is 9.80. The fraction of sp³-hybridized carbons (Fsp3) is 0.667. The summed E-state index contributed by atoms with van der Waals surface area (Å²) in [5.41, 5.74) is 0. The molecule has 0 spiro atoms. The number of hydrogen-bond acceptors (Lipinski definition) is 4. The van der Waals surface area contributed by atoms with Gasteiger partial charge >= 0.3 is 5.97 Å². The number of nitrogens with zero attached hydrogens (tertiary/aromatic N) is 1. The van der Waals surface area contributed by atoms with Gasteiger partial charge in [-0.3, -0.25) is 4.79 Å². The molecule has 4 nitrogen and oxygen atoms in total. The molecule has 0 N–H and O–H groups in total. The first kappa shape index (κ1) is 8.94. The highest BCUT2D eigenvalue weighted by molar-refractivity contribution is 5.72. The molecule has 0 saturated heterocycles. The molecule has 0 atom stereocenters. The molecule has 0 aliphatic carbocycles. The summed E-state index contributed by atoms with van der Waals surface area (Å²) in [6.45, 7) is 2.42. The maximum Gasteiger partial charge on any atom is 0.327 e. The molecule has 0 aliphatic rings. The van der Waals surface area contributed by atoms with Crippen molar-refractivity contribution in [1.29, 1.82) is 0 Å². The zero-order chi connectivity index (χ0) is 7.82. The van der Waals surface area contributed by atoms with E-state index in [1.54, 1.807) is 0 Å². The Kier molecular flexibility index (Phi) is 5.42. The van der Waals surface area contributed by atoms with Gasteiger partial charge < -0.3 is 9.47 Å². The van der Waals surface area contributed by atoms with Gasteiger partial charge in [-0.15, -0.1) is 0 Å². The van der Waals surface area contributed by atoms with E-state index in [0.717, 1.165) is 0 Å². The van der Waals surface area contributed by atoms with Crippen molar-refractivity contribution >= 4 is 12.4 Å². The van der Waals surface area contributed by atoms with Crippen LogP contribution in [0.25, 0.3) is 0 Å². The summed E-state index contributed by atoms with van der Waals surface area (Å²) in [4.78, 5) is 14.0. The first-order valence-corrected chi connectivity index (χ1v) is 2.98. The van der Waals surface area contributed by atoms with Crippen LogP contribution in [0.4, 0.5) is 0 Å². The Hall–Kier alpha value is -1.06. The number of rotatable bonds is 4. The number of carbonyl (C=O) groups excluding carboxylic acids is 1. The van der Waals surface area contributed by atoms with E-state index in [1.165, 1.54) is 13.5 Å². The number of carbonyl (C=O) groups is 1. The Balaban J connectivity index is 3.25. The maximum atomic E-state index is 10.4. The van der Waals surface area contributed by atoms with Crippen LogP contribution in [0.1, 0.15) is 6.92 Å². The molecule has 4 heteroatoms. The Morgan fingerprint density at radius 3 is 2.90 bits per heavy atom. The Morgan fingerprint density at radius 2 is 2.40 bits per heavy atom. The molecular formula is C6H11NO3. The van der Waals surface area contributed by atoms with Gasteiger partial charge in [0.25, 0.3) is 0 Å². The van der Waals surface area contributed by atoms with Gasteiger partial charge in [0.05, 0.1) is 13.7 Å². The van der Waals surface area contributed by atoms with Crippen LogP contribution < -0.4 is 0 Å². The second-order valence-electron chi connectivity index (χ2n) is 1.48. The fourth-order valence-electron chi connectivity index (χ4n) is 0.304. The van der Waals surface area contributed by atoms with Gasteiger partial charge in [0.2, 0.25) is 0 Å². The third-order valence-corrected chi connectivity index (χ3v) is 0.764. The van der Waals surface area contributed by atoms with E-state index in [9.17, 15) is 4.79 Å².